The molecule has 0 radical (unpaired) electrons. The zero-order valence-electron chi connectivity index (χ0n) is 14.1. The van der Waals surface area contributed by atoms with Crippen LogP contribution in [0.2, 0.25) is 5.02 Å². The Morgan fingerprint density at radius 2 is 1.88 bits per heavy atom. The number of esters is 1. The lowest BCUT2D eigenvalue weighted by atomic mass is 9.72. The Labute approximate surface area is 155 Å². The molecule has 1 fully saturated rings. The van der Waals surface area contributed by atoms with E-state index in [9.17, 15) is 15.0 Å². The second kappa shape index (κ2) is 6.40. The molecule has 6 heteroatoms. The zero-order chi connectivity index (χ0) is 18.3. The van der Waals surface area contributed by atoms with Gasteiger partial charge in [0.25, 0.3) is 0 Å². The fourth-order valence-electron chi connectivity index (χ4n) is 4.10. The van der Waals surface area contributed by atoms with E-state index in [2.05, 4.69) is 0 Å². The summed E-state index contributed by atoms with van der Waals surface area (Å²) < 4.78 is 11.1. The van der Waals surface area contributed by atoms with Crippen LogP contribution in [0.15, 0.2) is 52.5 Å². The number of carbonyl (C=O) groups is 1. The minimum absolute atomic E-state index is 0.0970. The number of cyclic esters (lactones) is 1. The number of ether oxygens (including phenoxy) is 1. The lowest BCUT2D eigenvalue weighted by Gasteiger charge is -2.38. The average Bonchev–Trinajstić information content (AvgIpc) is 3.20. The van der Waals surface area contributed by atoms with Gasteiger partial charge < -0.3 is 19.4 Å². The highest BCUT2D eigenvalue weighted by molar-refractivity contribution is 6.30. The van der Waals surface area contributed by atoms with E-state index in [-0.39, 0.29) is 5.92 Å². The summed E-state index contributed by atoms with van der Waals surface area (Å²) in [4.78, 5) is 12.0. The Hall–Kier alpha value is -2.40. The van der Waals surface area contributed by atoms with Crippen LogP contribution in [0, 0.1) is 5.92 Å². The zero-order valence-corrected chi connectivity index (χ0v) is 14.8. The van der Waals surface area contributed by atoms with Gasteiger partial charge in [-0.3, -0.25) is 0 Å². The molecule has 26 heavy (non-hydrogen) atoms. The fourth-order valence-corrected chi connectivity index (χ4v) is 4.24. The molecule has 1 saturated carbocycles. The summed E-state index contributed by atoms with van der Waals surface area (Å²) in [5.74, 6) is -1.52. The van der Waals surface area contributed by atoms with Crippen LogP contribution in [-0.2, 0) is 15.1 Å². The molecule has 0 saturated heterocycles. The van der Waals surface area contributed by atoms with Gasteiger partial charge in [0.2, 0.25) is 11.4 Å². The lowest BCUT2D eigenvalue weighted by Crippen LogP contribution is -2.39. The van der Waals surface area contributed by atoms with Gasteiger partial charge in [-0.05, 0) is 18.9 Å². The molecule has 1 atom stereocenters. The smallest absolute Gasteiger partial charge is 0.378 e. The first kappa shape index (κ1) is 17.0. The summed E-state index contributed by atoms with van der Waals surface area (Å²) in [7, 11) is 0. The van der Waals surface area contributed by atoms with Gasteiger partial charge in [-0.2, -0.15) is 0 Å². The summed E-state index contributed by atoms with van der Waals surface area (Å²) in [6.07, 6.45) is 6.15. The van der Waals surface area contributed by atoms with Gasteiger partial charge in [0.15, 0.2) is 5.76 Å². The van der Waals surface area contributed by atoms with E-state index < -0.39 is 23.1 Å². The molecule has 0 amide bonds. The van der Waals surface area contributed by atoms with E-state index in [0.29, 0.717) is 16.3 Å². The molecule has 2 aliphatic rings. The molecule has 5 nitrogen and oxygen atoms in total. The lowest BCUT2D eigenvalue weighted by molar-refractivity contribution is -0.157. The fraction of sp³-hybridized carbons (Fsp3) is 0.350. The number of aliphatic hydroxyl groups is 2. The summed E-state index contributed by atoms with van der Waals surface area (Å²) in [5.41, 5.74) is 0.0118. The average molecular weight is 375 g/mol. The van der Waals surface area contributed by atoms with E-state index in [1.807, 2.05) is 18.2 Å². The number of halogens is 1. The van der Waals surface area contributed by atoms with Crippen LogP contribution >= 0.6 is 11.6 Å². The van der Waals surface area contributed by atoms with Gasteiger partial charge in [0.1, 0.15) is 12.0 Å². The van der Waals surface area contributed by atoms with Gasteiger partial charge >= 0.3 is 5.97 Å². The van der Waals surface area contributed by atoms with Crippen molar-refractivity contribution in [1.29, 1.82) is 0 Å². The van der Waals surface area contributed by atoms with E-state index in [0.717, 1.165) is 37.7 Å². The van der Waals surface area contributed by atoms with Crippen LogP contribution in [-0.4, -0.2) is 16.2 Å². The van der Waals surface area contributed by atoms with Crippen molar-refractivity contribution in [2.24, 2.45) is 5.92 Å². The first-order chi connectivity index (χ1) is 12.5. The summed E-state index contributed by atoms with van der Waals surface area (Å²) in [6.45, 7) is 0. The summed E-state index contributed by atoms with van der Waals surface area (Å²) >= 11 is 5.94. The summed E-state index contributed by atoms with van der Waals surface area (Å²) in [5, 5.41) is 21.2. The minimum Gasteiger partial charge on any atom is -0.505 e. The third-order valence-electron chi connectivity index (χ3n) is 5.35. The maximum absolute atomic E-state index is 12.0. The van der Waals surface area contributed by atoms with Crippen molar-refractivity contribution >= 4 is 17.6 Å². The number of hydrogen-bond acceptors (Lipinski definition) is 5. The number of benzene rings is 1. The predicted molar refractivity (Wildman–Crippen MR) is 95.8 cm³/mol. The molecule has 136 valence electrons. The monoisotopic (exact) mass is 374 g/mol. The first-order valence-corrected chi connectivity index (χ1v) is 9.11. The molecule has 1 aliphatic heterocycles. The highest BCUT2D eigenvalue weighted by Gasteiger charge is 2.55. The number of furan rings is 1. The maximum atomic E-state index is 12.0. The van der Waals surface area contributed by atoms with Gasteiger partial charge in [-0.25, -0.2) is 4.79 Å². The van der Waals surface area contributed by atoms with Crippen molar-refractivity contribution in [2.45, 2.75) is 37.7 Å². The molecule has 0 bridgehead atoms. The van der Waals surface area contributed by atoms with Gasteiger partial charge in [-0.1, -0.05) is 49.1 Å². The molecule has 1 unspecified atom stereocenters. The van der Waals surface area contributed by atoms with Crippen molar-refractivity contribution < 1.29 is 24.2 Å². The van der Waals surface area contributed by atoms with Crippen molar-refractivity contribution in [3.63, 3.8) is 0 Å². The van der Waals surface area contributed by atoms with E-state index in [4.69, 9.17) is 20.8 Å². The maximum Gasteiger partial charge on any atom is 0.378 e. The van der Waals surface area contributed by atoms with Crippen LogP contribution in [0.25, 0.3) is 11.3 Å². The van der Waals surface area contributed by atoms with Crippen molar-refractivity contribution in [3.8, 4) is 11.3 Å². The summed E-state index contributed by atoms with van der Waals surface area (Å²) in [6, 6.07) is 8.96. The molecular formula is C20H19ClO5. The van der Waals surface area contributed by atoms with Gasteiger partial charge in [0, 0.05) is 23.1 Å². The van der Waals surface area contributed by atoms with E-state index in [1.54, 1.807) is 12.1 Å². The van der Waals surface area contributed by atoms with Crippen LogP contribution in [0.5, 0.6) is 0 Å². The minimum atomic E-state index is -1.35. The molecule has 2 N–H and O–H groups in total. The van der Waals surface area contributed by atoms with Crippen LogP contribution in [0.4, 0.5) is 0 Å². The van der Waals surface area contributed by atoms with Crippen molar-refractivity contribution in [3.05, 3.63) is 58.7 Å². The van der Waals surface area contributed by atoms with Crippen molar-refractivity contribution in [2.75, 3.05) is 0 Å². The van der Waals surface area contributed by atoms with Crippen LogP contribution in [0.1, 0.15) is 37.7 Å². The second-order valence-electron chi connectivity index (χ2n) is 6.87. The first-order valence-electron chi connectivity index (χ1n) is 8.73. The Balaban J connectivity index is 1.84. The van der Waals surface area contributed by atoms with Crippen LogP contribution in [0.3, 0.4) is 0 Å². The molecule has 4 rings (SSSR count). The number of rotatable bonds is 3. The van der Waals surface area contributed by atoms with Gasteiger partial charge in [0.05, 0.1) is 5.02 Å². The number of carbonyl (C=O) groups excluding carboxylic acids is 1. The van der Waals surface area contributed by atoms with E-state index >= 15 is 0 Å². The van der Waals surface area contributed by atoms with E-state index in [1.165, 1.54) is 6.26 Å². The third kappa shape index (κ3) is 2.58. The quantitative estimate of drug-likeness (QED) is 0.716. The number of aliphatic hydroxyl groups excluding tert-OH is 2. The molecule has 1 aliphatic carbocycles. The molecule has 2 heterocycles. The standard InChI is InChI=1S/C20H19ClO5/c21-15-10-16(25-11-15)12-5-4-8-14(9-12)20(13-6-2-1-3-7-13)18(23)17(22)19(24)26-20/h4-5,8-11,13,22-23H,1-3,6-7H2. The molecule has 2 aromatic rings. The van der Waals surface area contributed by atoms with Crippen molar-refractivity contribution in [1.82, 2.24) is 0 Å². The Morgan fingerprint density at radius 1 is 1.12 bits per heavy atom. The second-order valence-corrected chi connectivity index (χ2v) is 7.30. The van der Waals surface area contributed by atoms with Crippen LogP contribution < -0.4 is 0 Å². The SMILES string of the molecule is O=C1OC(c2cccc(-c3cc(Cl)co3)c2)(C2CCCCC2)C(O)=C1O. The molecule has 1 aromatic carbocycles. The molecule has 1 aromatic heterocycles. The third-order valence-corrected chi connectivity index (χ3v) is 5.54. The normalized spacial score (nSPS) is 24.1. The Kier molecular flexibility index (Phi) is 4.19. The largest absolute Gasteiger partial charge is 0.505 e. The molecular weight excluding hydrogens is 356 g/mol. The van der Waals surface area contributed by atoms with Gasteiger partial charge in [-0.15, -0.1) is 0 Å². The topological polar surface area (TPSA) is 79.9 Å². The number of hydrogen-bond donors (Lipinski definition) is 2. The molecule has 0 spiro atoms. The predicted octanol–water partition coefficient (Wildman–Crippen LogP) is 5.26. The Bertz CT molecular complexity index is 878. The highest BCUT2D eigenvalue weighted by atomic mass is 35.5. The highest BCUT2D eigenvalue weighted by Crippen LogP contribution is 2.50. The Morgan fingerprint density at radius 3 is 2.50 bits per heavy atom.